The summed E-state index contributed by atoms with van der Waals surface area (Å²) >= 11 is 0. The molecule has 0 spiro atoms. The van der Waals surface area contributed by atoms with E-state index in [2.05, 4.69) is 20.7 Å². The number of hydrogen-bond acceptors (Lipinski definition) is 4. The fourth-order valence-electron chi connectivity index (χ4n) is 3.31. The third kappa shape index (κ3) is 5.25. The predicted octanol–water partition coefficient (Wildman–Crippen LogP) is 2.82. The Bertz CT molecular complexity index is 709. The molecule has 0 aliphatic rings. The first kappa shape index (κ1) is 19.8. The van der Waals surface area contributed by atoms with Crippen molar-refractivity contribution in [2.24, 2.45) is 5.41 Å². The average molecular weight is 356 g/mol. The standard InChI is InChI=1S/C20H28N4O2/c1-19(2,17-12-21-24-23-17)14-20(3,4)18(26)22-16(13-25)11-10-15-8-6-5-7-9-15/h5-9,12-13,16H,10-11,14H2,1-4H3,(H,22,26)(H,21,23,24). The van der Waals surface area contributed by atoms with E-state index in [0.29, 0.717) is 12.8 Å². The Morgan fingerprint density at radius 3 is 2.50 bits per heavy atom. The molecule has 1 atom stereocenters. The van der Waals surface area contributed by atoms with Crippen LogP contribution in [0.4, 0.5) is 0 Å². The molecule has 0 saturated heterocycles. The van der Waals surface area contributed by atoms with Crippen molar-refractivity contribution in [2.45, 2.75) is 58.4 Å². The van der Waals surface area contributed by atoms with E-state index in [1.54, 1.807) is 6.20 Å². The molecule has 2 N–H and O–H groups in total. The summed E-state index contributed by atoms with van der Waals surface area (Å²) in [5.41, 5.74) is 1.01. The molecule has 1 amide bonds. The number of aryl methyl sites for hydroxylation is 1. The highest BCUT2D eigenvalue weighted by molar-refractivity contribution is 5.84. The van der Waals surface area contributed by atoms with E-state index in [0.717, 1.165) is 24.0 Å². The van der Waals surface area contributed by atoms with Crippen molar-refractivity contribution in [3.63, 3.8) is 0 Å². The minimum absolute atomic E-state index is 0.126. The number of carbonyl (C=O) groups excluding carboxylic acids is 2. The Balaban J connectivity index is 1.95. The van der Waals surface area contributed by atoms with E-state index in [9.17, 15) is 9.59 Å². The molecule has 0 saturated carbocycles. The Hall–Kier alpha value is -2.50. The molecule has 6 heteroatoms. The third-order valence-corrected chi connectivity index (χ3v) is 4.68. The van der Waals surface area contributed by atoms with Gasteiger partial charge in [-0.1, -0.05) is 63.2 Å². The molecule has 1 unspecified atom stereocenters. The van der Waals surface area contributed by atoms with E-state index in [4.69, 9.17) is 0 Å². The molecule has 140 valence electrons. The second-order valence-electron chi connectivity index (χ2n) is 8.04. The summed E-state index contributed by atoms with van der Waals surface area (Å²) in [5.74, 6) is -0.126. The highest BCUT2D eigenvalue weighted by atomic mass is 16.2. The summed E-state index contributed by atoms with van der Waals surface area (Å²) in [5, 5.41) is 13.4. The van der Waals surface area contributed by atoms with Crippen LogP contribution in [0.3, 0.4) is 0 Å². The number of aromatic amines is 1. The van der Waals surface area contributed by atoms with Gasteiger partial charge in [-0.2, -0.15) is 0 Å². The number of nitrogens with zero attached hydrogens (tertiary/aromatic N) is 2. The Morgan fingerprint density at radius 1 is 1.23 bits per heavy atom. The van der Waals surface area contributed by atoms with Gasteiger partial charge in [0.2, 0.25) is 5.91 Å². The molecule has 6 nitrogen and oxygen atoms in total. The highest BCUT2D eigenvalue weighted by Gasteiger charge is 2.37. The molecule has 0 radical (unpaired) electrons. The van der Waals surface area contributed by atoms with Crippen LogP contribution in [0.1, 0.15) is 51.8 Å². The minimum Gasteiger partial charge on any atom is -0.346 e. The summed E-state index contributed by atoms with van der Waals surface area (Å²) in [6.45, 7) is 7.85. The van der Waals surface area contributed by atoms with Crippen molar-refractivity contribution in [3.05, 3.63) is 47.8 Å². The second kappa shape index (κ2) is 8.25. The van der Waals surface area contributed by atoms with Crippen LogP contribution in [0.2, 0.25) is 0 Å². The maximum atomic E-state index is 12.8. The molecule has 1 aromatic heterocycles. The van der Waals surface area contributed by atoms with Gasteiger partial charge in [-0.05, 0) is 24.8 Å². The first-order valence-electron chi connectivity index (χ1n) is 8.92. The summed E-state index contributed by atoms with van der Waals surface area (Å²) in [6, 6.07) is 9.46. The second-order valence-corrected chi connectivity index (χ2v) is 8.04. The zero-order valence-electron chi connectivity index (χ0n) is 16.0. The van der Waals surface area contributed by atoms with Crippen molar-refractivity contribution in [1.29, 1.82) is 0 Å². The quantitative estimate of drug-likeness (QED) is 0.676. The van der Waals surface area contributed by atoms with Crippen molar-refractivity contribution in [1.82, 2.24) is 20.7 Å². The normalized spacial score (nSPS) is 13.2. The van der Waals surface area contributed by atoms with Gasteiger partial charge in [0, 0.05) is 17.0 Å². The van der Waals surface area contributed by atoms with Gasteiger partial charge < -0.3 is 10.1 Å². The number of nitrogens with one attached hydrogen (secondary N) is 2. The van der Waals surface area contributed by atoms with Crippen LogP contribution < -0.4 is 5.32 Å². The lowest BCUT2D eigenvalue weighted by Gasteiger charge is -2.33. The van der Waals surface area contributed by atoms with Crippen molar-refractivity contribution in [3.8, 4) is 0 Å². The van der Waals surface area contributed by atoms with Gasteiger partial charge in [-0.3, -0.25) is 9.89 Å². The van der Waals surface area contributed by atoms with Crippen molar-refractivity contribution < 1.29 is 9.59 Å². The summed E-state index contributed by atoms with van der Waals surface area (Å²) in [7, 11) is 0. The highest BCUT2D eigenvalue weighted by Crippen LogP contribution is 2.35. The molecule has 0 fully saturated rings. The largest absolute Gasteiger partial charge is 0.346 e. The smallest absolute Gasteiger partial charge is 0.226 e. The lowest BCUT2D eigenvalue weighted by Crippen LogP contribution is -2.46. The lowest BCUT2D eigenvalue weighted by atomic mass is 9.73. The topological polar surface area (TPSA) is 87.7 Å². The van der Waals surface area contributed by atoms with Crippen LogP contribution in [0.25, 0.3) is 0 Å². The average Bonchev–Trinajstić information content (AvgIpc) is 3.14. The Kier molecular flexibility index (Phi) is 6.29. The molecular formula is C20H28N4O2. The maximum absolute atomic E-state index is 12.8. The third-order valence-electron chi connectivity index (χ3n) is 4.68. The molecule has 1 aromatic carbocycles. The molecule has 0 bridgehead atoms. The SMILES string of the molecule is CC(C)(CC(C)(C)c1c[nH]nn1)C(=O)NC(C=O)CCc1ccccc1. The van der Waals surface area contributed by atoms with E-state index in [1.165, 1.54) is 0 Å². The number of carbonyl (C=O) groups is 2. The van der Waals surface area contributed by atoms with Crippen molar-refractivity contribution in [2.75, 3.05) is 0 Å². The van der Waals surface area contributed by atoms with E-state index in [1.807, 2.05) is 58.0 Å². The number of aromatic nitrogens is 3. The first-order valence-corrected chi connectivity index (χ1v) is 8.92. The number of benzene rings is 1. The van der Waals surface area contributed by atoms with Crippen LogP contribution in [-0.2, 0) is 21.4 Å². The van der Waals surface area contributed by atoms with Crippen LogP contribution >= 0.6 is 0 Å². The lowest BCUT2D eigenvalue weighted by molar-refractivity contribution is -0.132. The van der Waals surface area contributed by atoms with Gasteiger partial charge in [0.25, 0.3) is 0 Å². The first-order chi connectivity index (χ1) is 12.2. The molecule has 1 heterocycles. The fourth-order valence-corrected chi connectivity index (χ4v) is 3.31. The molecule has 26 heavy (non-hydrogen) atoms. The molecule has 0 aliphatic carbocycles. The van der Waals surface area contributed by atoms with Gasteiger partial charge in [-0.25, -0.2) is 0 Å². The Labute approximate surface area is 154 Å². The molecule has 2 aromatic rings. The van der Waals surface area contributed by atoms with Gasteiger partial charge in [0.15, 0.2) is 0 Å². The zero-order valence-corrected chi connectivity index (χ0v) is 16.0. The zero-order chi connectivity index (χ0) is 19.2. The number of rotatable bonds is 9. The summed E-state index contributed by atoms with van der Waals surface area (Å²) < 4.78 is 0. The number of hydrogen-bond donors (Lipinski definition) is 2. The molecular weight excluding hydrogens is 328 g/mol. The van der Waals surface area contributed by atoms with Gasteiger partial charge >= 0.3 is 0 Å². The molecule has 2 rings (SSSR count). The molecule has 0 aliphatic heterocycles. The van der Waals surface area contributed by atoms with Crippen LogP contribution in [0.15, 0.2) is 36.5 Å². The van der Waals surface area contributed by atoms with Crippen LogP contribution in [0.5, 0.6) is 0 Å². The van der Waals surface area contributed by atoms with E-state index < -0.39 is 11.5 Å². The summed E-state index contributed by atoms with van der Waals surface area (Å²) in [6.07, 6.45) is 4.49. The van der Waals surface area contributed by atoms with E-state index in [-0.39, 0.29) is 11.3 Å². The van der Waals surface area contributed by atoms with Crippen LogP contribution in [-0.4, -0.2) is 33.6 Å². The van der Waals surface area contributed by atoms with Gasteiger partial charge in [0.05, 0.1) is 11.7 Å². The number of aldehydes is 1. The summed E-state index contributed by atoms with van der Waals surface area (Å²) in [4.78, 5) is 24.2. The monoisotopic (exact) mass is 356 g/mol. The van der Waals surface area contributed by atoms with E-state index >= 15 is 0 Å². The predicted molar refractivity (Wildman–Crippen MR) is 101 cm³/mol. The Morgan fingerprint density at radius 2 is 1.92 bits per heavy atom. The maximum Gasteiger partial charge on any atom is 0.226 e. The number of amides is 1. The van der Waals surface area contributed by atoms with Gasteiger partial charge in [-0.15, -0.1) is 5.10 Å². The number of H-pyrrole nitrogens is 1. The van der Waals surface area contributed by atoms with Gasteiger partial charge in [0.1, 0.15) is 6.29 Å². The fraction of sp³-hybridized carbons (Fsp3) is 0.500. The van der Waals surface area contributed by atoms with Crippen molar-refractivity contribution >= 4 is 12.2 Å². The minimum atomic E-state index is -0.642. The van der Waals surface area contributed by atoms with Crippen LogP contribution in [0, 0.1) is 5.41 Å².